The molecule has 2 rings (SSSR count). The van der Waals surface area contributed by atoms with E-state index in [2.05, 4.69) is 12.2 Å². The number of hydrogen-bond donors (Lipinski definition) is 1. The van der Waals surface area contributed by atoms with Crippen LogP contribution in [0.4, 0.5) is 0 Å². The van der Waals surface area contributed by atoms with Crippen LogP contribution in [0.1, 0.15) is 38.0 Å². The molecule has 0 amide bonds. The first-order valence-electron chi connectivity index (χ1n) is 6.58. The normalized spacial score (nSPS) is 24.2. The van der Waals surface area contributed by atoms with Crippen LogP contribution in [0.3, 0.4) is 0 Å². The van der Waals surface area contributed by atoms with Crippen LogP contribution < -0.4 is 5.32 Å². The molecule has 0 saturated carbocycles. The highest BCUT2D eigenvalue weighted by Crippen LogP contribution is 2.29. The molecule has 1 aliphatic heterocycles. The zero-order chi connectivity index (χ0) is 13.0. The van der Waals surface area contributed by atoms with E-state index in [1.807, 2.05) is 12.1 Å². The SMILES string of the molecule is CCCNC(CC1CCS(=O)(=O)C1)c1ccco1. The first-order chi connectivity index (χ1) is 8.61. The van der Waals surface area contributed by atoms with Crippen LogP contribution >= 0.6 is 0 Å². The summed E-state index contributed by atoms with van der Waals surface area (Å²) in [5, 5.41) is 3.44. The third-order valence-electron chi connectivity index (χ3n) is 3.42. The zero-order valence-corrected chi connectivity index (χ0v) is 11.6. The molecule has 1 aromatic heterocycles. The van der Waals surface area contributed by atoms with Gasteiger partial charge < -0.3 is 9.73 Å². The van der Waals surface area contributed by atoms with Gasteiger partial charge in [-0.15, -0.1) is 0 Å². The second-order valence-electron chi connectivity index (χ2n) is 5.03. The van der Waals surface area contributed by atoms with Crippen LogP contribution in [0.5, 0.6) is 0 Å². The molecule has 0 bridgehead atoms. The van der Waals surface area contributed by atoms with Crippen molar-refractivity contribution in [3.63, 3.8) is 0 Å². The van der Waals surface area contributed by atoms with Gasteiger partial charge in [-0.25, -0.2) is 8.42 Å². The Kier molecular flexibility index (Phi) is 4.45. The minimum atomic E-state index is -2.79. The van der Waals surface area contributed by atoms with Crippen LogP contribution in [0.25, 0.3) is 0 Å². The molecule has 4 nitrogen and oxygen atoms in total. The molecule has 1 saturated heterocycles. The van der Waals surface area contributed by atoms with Crippen LogP contribution in [-0.4, -0.2) is 26.5 Å². The lowest BCUT2D eigenvalue weighted by atomic mass is 9.98. The summed E-state index contributed by atoms with van der Waals surface area (Å²) in [6.07, 6.45) is 4.35. The maximum absolute atomic E-state index is 11.5. The molecule has 0 spiro atoms. The molecule has 1 fully saturated rings. The molecule has 0 aromatic carbocycles. The molecule has 0 radical (unpaired) electrons. The van der Waals surface area contributed by atoms with Gasteiger partial charge in [-0.3, -0.25) is 0 Å². The van der Waals surface area contributed by atoms with Gasteiger partial charge >= 0.3 is 0 Å². The number of sulfone groups is 1. The molecule has 102 valence electrons. The Balaban J connectivity index is 1.98. The summed E-state index contributed by atoms with van der Waals surface area (Å²) >= 11 is 0. The van der Waals surface area contributed by atoms with Crippen molar-refractivity contribution in [3.05, 3.63) is 24.2 Å². The van der Waals surface area contributed by atoms with E-state index in [4.69, 9.17) is 4.42 Å². The average Bonchev–Trinajstić information content (AvgIpc) is 2.94. The van der Waals surface area contributed by atoms with E-state index in [-0.39, 0.29) is 12.0 Å². The summed E-state index contributed by atoms with van der Waals surface area (Å²) in [5.74, 6) is 1.84. The summed E-state index contributed by atoms with van der Waals surface area (Å²) in [5.41, 5.74) is 0. The highest BCUT2D eigenvalue weighted by atomic mass is 32.2. The van der Waals surface area contributed by atoms with E-state index in [9.17, 15) is 8.42 Å². The highest BCUT2D eigenvalue weighted by molar-refractivity contribution is 7.91. The fourth-order valence-electron chi connectivity index (χ4n) is 2.50. The second-order valence-corrected chi connectivity index (χ2v) is 7.26. The molecule has 0 aliphatic carbocycles. The Labute approximate surface area is 109 Å². The van der Waals surface area contributed by atoms with E-state index in [0.717, 1.165) is 31.6 Å². The Morgan fingerprint density at radius 3 is 2.94 bits per heavy atom. The van der Waals surface area contributed by atoms with Crippen molar-refractivity contribution in [3.8, 4) is 0 Å². The second kappa shape index (κ2) is 5.89. The standard InChI is InChI=1S/C13H21NO3S/c1-2-6-14-12(13-4-3-7-17-13)9-11-5-8-18(15,16)10-11/h3-4,7,11-12,14H,2,5-6,8-10H2,1H3. The molecule has 2 unspecified atom stereocenters. The Morgan fingerprint density at radius 2 is 2.39 bits per heavy atom. The molecule has 1 aromatic rings. The van der Waals surface area contributed by atoms with E-state index in [1.165, 1.54) is 0 Å². The summed E-state index contributed by atoms with van der Waals surface area (Å²) < 4.78 is 28.4. The highest BCUT2D eigenvalue weighted by Gasteiger charge is 2.30. The van der Waals surface area contributed by atoms with Gasteiger partial charge in [0.2, 0.25) is 0 Å². The summed E-state index contributed by atoms with van der Waals surface area (Å²) in [4.78, 5) is 0. The molecule has 1 N–H and O–H groups in total. The van der Waals surface area contributed by atoms with Crippen molar-refractivity contribution >= 4 is 9.84 Å². The first-order valence-corrected chi connectivity index (χ1v) is 8.40. The smallest absolute Gasteiger partial charge is 0.150 e. The summed E-state index contributed by atoms with van der Waals surface area (Å²) in [7, 11) is -2.79. The van der Waals surface area contributed by atoms with Crippen molar-refractivity contribution < 1.29 is 12.8 Å². The van der Waals surface area contributed by atoms with Crippen molar-refractivity contribution in [2.75, 3.05) is 18.1 Å². The van der Waals surface area contributed by atoms with Crippen LogP contribution in [-0.2, 0) is 9.84 Å². The molecule has 5 heteroatoms. The van der Waals surface area contributed by atoms with Gasteiger partial charge in [0.15, 0.2) is 9.84 Å². The van der Waals surface area contributed by atoms with Crippen LogP contribution in [0.15, 0.2) is 22.8 Å². The maximum Gasteiger partial charge on any atom is 0.150 e. The van der Waals surface area contributed by atoms with Gasteiger partial charge in [0.1, 0.15) is 5.76 Å². The summed E-state index contributed by atoms with van der Waals surface area (Å²) in [6.45, 7) is 3.04. The van der Waals surface area contributed by atoms with E-state index in [0.29, 0.717) is 11.5 Å². The number of rotatable bonds is 6. The van der Waals surface area contributed by atoms with Gasteiger partial charge in [-0.05, 0) is 43.9 Å². The number of nitrogens with one attached hydrogen (secondary N) is 1. The average molecular weight is 271 g/mol. The maximum atomic E-state index is 11.5. The molecule has 2 atom stereocenters. The van der Waals surface area contributed by atoms with Crippen molar-refractivity contribution in [2.45, 2.75) is 32.2 Å². The minimum Gasteiger partial charge on any atom is -0.468 e. The predicted molar refractivity (Wildman–Crippen MR) is 71.1 cm³/mol. The lowest BCUT2D eigenvalue weighted by Crippen LogP contribution is -2.24. The van der Waals surface area contributed by atoms with Gasteiger partial charge in [-0.1, -0.05) is 6.92 Å². The summed E-state index contributed by atoms with van der Waals surface area (Å²) in [6, 6.07) is 3.97. The van der Waals surface area contributed by atoms with Gasteiger partial charge in [0.05, 0.1) is 23.8 Å². The van der Waals surface area contributed by atoms with Gasteiger partial charge in [-0.2, -0.15) is 0 Å². The van der Waals surface area contributed by atoms with Crippen molar-refractivity contribution in [2.24, 2.45) is 5.92 Å². The molecular formula is C13H21NO3S. The Hall–Kier alpha value is -0.810. The Bertz CT molecular complexity index is 453. The van der Waals surface area contributed by atoms with E-state index >= 15 is 0 Å². The van der Waals surface area contributed by atoms with Gasteiger partial charge in [0, 0.05) is 0 Å². The van der Waals surface area contributed by atoms with E-state index in [1.54, 1.807) is 6.26 Å². The number of hydrogen-bond acceptors (Lipinski definition) is 4. The Morgan fingerprint density at radius 1 is 1.56 bits per heavy atom. The fourth-order valence-corrected chi connectivity index (χ4v) is 4.38. The quantitative estimate of drug-likeness (QED) is 0.861. The molecule has 18 heavy (non-hydrogen) atoms. The van der Waals surface area contributed by atoms with Crippen molar-refractivity contribution in [1.82, 2.24) is 5.32 Å². The monoisotopic (exact) mass is 271 g/mol. The molecular weight excluding hydrogens is 250 g/mol. The zero-order valence-electron chi connectivity index (χ0n) is 10.8. The minimum absolute atomic E-state index is 0.137. The lowest BCUT2D eigenvalue weighted by Gasteiger charge is -2.19. The topological polar surface area (TPSA) is 59.3 Å². The predicted octanol–water partition coefficient (Wildman–Crippen LogP) is 2.15. The third kappa shape index (κ3) is 3.59. The fraction of sp³-hybridized carbons (Fsp3) is 0.692. The van der Waals surface area contributed by atoms with Crippen LogP contribution in [0.2, 0.25) is 0 Å². The van der Waals surface area contributed by atoms with Crippen molar-refractivity contribution in [1.29, 1.82) is 0 Å². The molecule has 2 heterocycles. The lowest BCUT2D eigenvalue weighted by molar-refractivity contribution is 0.354. The molecule has 1 aliphatic rings. The third-order valence-corrected chi connectivity index (χ3v) is 5.26. The van der Waals surface area contributed by atoms with Crippen LogP contribution in [0, 0.1) is 5.92 Å². The number of furan rings is 1. The largest absolute Gasteiger partial charge is 0.468 e. The first kappa shape index (κ1) is 13.6. The van der Waals surface area contributed by atoms with Gasteiger partial charge in [0.25, 0.3) is 0 Å². The van der Waals surface area contributed by atoms with E-state index < -0.39 is 9.84 Å².